The van der Waals surface area contributed by atoms with Crippen LogP contribution in [0.25, 0.3) is 0 Å². The first kappa shape index (κ1) is 14.1. The van der Waals surface area contributed by atoms with Gasteiger partial charge >= 0.3 is 0 Å². The van der Waals surface area contributed by atoms with Crippen LogP contribution in [0.3, 0.4) is 0 Å². The maximum absolute atomic E-state index is 11.4. The number of hydrogen-bond acceptors (Lipinski definition) is 3. The molecule has 0 saturated heterocycles. The van der Waals surface area contributed by atoms with E-state index in [9.17, 15) is 4.79 Å². The van der Waals surface area contributed by atoms with Crippen LogP contribution in [0.4, 0.5) is 0 Å². The number of benzene rings is 1. The van der Waals surface area contributed by atoms with Crippen LogP contribution < -0.4 is 5.32 Å². The van der Waals surface area contributed by atoms with Gasteiger partial charge in [-0.15, -0.1) is 11.8 Å². The smallest absolute Gasteiger partial charge is 0.221 e. The predicted molar refractivity (Wildman–Crippen MR) is 71.0 cm³/mol. The fourth-order valence-corrected chi connectivity index (χ4v) is 2.32. The van der Waals surface area contributed by atoms with Gasteiger partial charge in [-0.2, -0.15) is 0 Å². The number of rotatable bonds is 6. The Morgan fingerprint density at radius 1 is 1.47 bits per heavy atom. The molecule has 0 aliphatic carbocycles. The molecule has 1 amide bonds. The standard InChI is InChI=1S/C13H19NO2S/c1-10(2)14-13(16)6-7-17-12-5-3-4-11(8-12)9-15/h3-5,8,10,15H,6-7,9H2,1-2H3,(H,14,16). The van der Waals surface area contributed by atoms with Crippen LogP contribution in [0, 0.1) is 0 Å². The second-order valence-corrected chi connectivity index (χ2v) is 5.29. The van der Waals surface area contributed by atoms with E-state index >= 15 is 0 Å². The van der Waals surface area contributed by atoms with Gasteiger partial charge in [0.1, 0.15) is 0 Å². The third-order valence-electron chi connectivity index (χ3n) is 2.13. The van der Waals surface area contributed by atoms with Crippen molar-refractivity contribution in [3.05, 3.63) is 29.8 Å². The molecule has 0 atom stereocenters. The number of aliphatic hydroxyl groups is 1. The number of hydrogen-bond donors (Lipinski definition) is 2. The highest BCUT2D eigenvalue weighted by atomic mass is 32.2. The van der Waals surface area contributed by atoms with E-state index in [1.165, 1.54) is 0 Å². The normalized spacial score (nSPS) is 10.6. The average molecular weight is 253 g/mol. The second kappa shape index (κ2) is 7.35. The first-order valence-corrected chi connectivity index (χ1v) is 6.72. The lowest BCUT2D eigenvalue weighted by Crippen LogP contribution is -2.30. The van der Waals surface area contributed by atoms with Gasteiger partial charge in [-0.25, -0.2) is 0 Å². The number of thioether (sulfide) groups is 1. The maximum atomic E-state index is 11.4. The predicted octanol–water partition coefficient (Wildman–Crippen LogP) is 2.19. The van der Waals surface area contributed by atoms with Crippen LogP contribution >= 0.6 is 11.8 Å². The monoisotopic (exact) mass is 253 g/mol. The van der Waals surface area contributed by atoms with E-state index in [0.29, 0.717) is 6.42 Å². The van der Waals surface area contributed by atoms with Gasteiger partial charge in [0.2, 0.25) is 5.91 Å². The highest BCUT2D eigenvalue weighted by Gasteiger charge is 2.03. The molecule has 1 aromatic carbocycles. The molecule has 4 heteroatoms. The number of aliphatic hydroxyl groups excluding tert-OH is 1. The Morgan fingerprint density at radius 2 is 2.24 bits per heavy atom. The average Bonchev–Trinajstić information content (AvgIpc) is 2.28. The van der Waals surface area contributed by atoms with E-state index in [0.717, 1.165) is 16.2 Å². The highest BCUT2D eigenvalue weighted by molar-refractivity contribution is 7.99. The highest BCUT2D eigenvalue weighted by Crippen LogP contribution is 2.19. The Kier molecular flexibility index (Phi) is 6.08. The summed E-state index contributed by atoms with van der Waals surface area (Å²) in [5.74, 6) is 0.846. The lowest BCUT2D eigenvalue weighted by atomic mass is 10.2. The van der Waals surface area contributed by atoms with E-state index in [4.69, 9.17) is 5.11 Å². The van der Waals surface area contributed by atoms with Gasteiger partial charge < -0.3 is 10.4 Å². The molecule has 2 N–H and O–H groups in total. The second-order valence-electron chi connectivity index (χ2n) is 4.13. The van der Waals surface area contributed by atoms with Gasteiger partial charge in [-0.3, -0.25) is 4.79 Å². The molecule has 94 valence electrons. The zero-order valence-electron chi connectivity index (χ0n) is 10.3. The molecule has 0 aliphatic rings. The minimum atomic E-state index is 0.0578. The Hall–Kier alpha value is -1.00. The quantitative estimate of drug-likeness (QED) is 0.764. The van der Waals surface area contributed by atoms with Crippen molar-refractivity contribution >= 4 is 17.7 Å². The molecule has 0 fully saturated rings. The molecule has 0 bridgehead atoms. The zero-order valence-corrected chi connectivity index (χ0v) is 11.1. The summed E-state index contributed by atoms with van der Waals surface area (Å²) in [5.41, 5.74) is 0.904. The Bertz CT molecular complexity index is 366. The fourth-order valence-electron chi connectivity index (χ4n) is 1.39. The van der Waals surface area contributed by atoms with E-state index in [2.05, 4.69) is 5.32 Å². The summed E-state index contributed by atoms with van der Waals surface area (Å²) in [6.45, 7) is 3.97. The van der Waals surface area contributed by atoms with Crippen molar-refractivity contribution in [1.29, 1.82) is 0 Å². The van der Waals surface area contributed by atoms with Crippen molar-refractivity contribution in [1.82, 2.24) is 5.32 Å². The van der Waals surface area contributed by atoms with Crippen molar-refractivity contribution in [2.75, 3.05) is 5.75 Å². The summed E-state index contributed by atoms with van der Waals surface area (Å²) in [6.07, 6.45) is 0.520. The minimum Gasteiger partial charge on any atom is -0.392 e. The van der Waals surface area contributed by atoms with Crippen LogP contribution in [0.5, 0.6) is 0 Å². The van der Waals surface area contributed by atoms with Crippen LogP contribution in [0.2, 0.25) is 0 Å². The molecular weight excluding hydrogens is 234 g/mol. The number of carbonyl (C=O) groups is 1. The number of carbonyl (C=O) groups excluding carboxylic acids is 1. The van der Waals surface area contributed by atoms with Crippen molar-refractivity contribution in [3.63, 3.8) is 0 Å². The Balaban J connectivity index is 2.32. The van der Waals surface area contributed by atoms with E-state index < -0.39 is 0 Å². The van der Waals surface area contributed by atoms with Gasteiger partial charge in [-0.05, 0) is 31.5 Å². The van der Waals surface area contributed by atoms with Gasteiger partial charge in [0.15, 0.2) is 0 Å². The molecule has 0 heterocycles. The molecule has 17 heavy (non-hydrogen) atoms. The summed E-state index contributed by atoms with van der Waals surface area (Å²) < 4.78 is 0. The number of nitrogens with one attached hydrogen (secondary N) is 1. The molecule has 0 aromatic heterocycles. The molecule has 1 aromatic rings. The lowest BCUT2D eigenvalue weighted by Gasteiger charge is -2.08. The lowest BCUT2D eigenvalue weighted by molar-refractivity contribution is -0.121. The van der Waals surface area contributed by atoms with Crippen LogP contribution in [-0.2, 0) is 11.4 Å². The van der Waals surface area contributed by atoms with Crippen molar-refractivity contribution < 1.29 is 9.90 Å². The maximum Gasteiger partial charge on any atom is 0.221 e. The Labute approximate surface area is 107 Å². The number of amides is 1. The van der Waals surface area contributed by atoms with Crippen molar-refractivity contribution in [2.45, 2.75) is 37.8 Å². The molecule has 0 spiro atoms. The largest absolute Gasteiger partial charge is 0.392 e. The van der Waals surface area contributed by atoms with Crippen LogP contribution in [-0.4, -0.2) is 22.8 Å². The fraction of sp³-hybridized carbons (Fsp3) is 0.462. The van der Waals surface area contributed by atoms with Crippen LogP contribution in [0.1, 0.15) is 25.8 Å². The van der Waals surface area contributed by atoms with Crippen molar-refractivity contribution in [3.8, 4) is 0 Å². The molecule has 3 nitrogen and oxygen atoms in total. The van der Waals surface area contributed by atoms with Crippen LogP contribution in [0.15, 0.2) is 29.2 Å². The molecule has 0 unspecified atom stereocenters. The van der Waals surface area contributed by atoms with Crippen molar-refractivity contribution in [2.24, 2.45) is 0 Å². The summed E-state index contributed by atoms with van der Waals surface area (Å²) in [4.78, 5) is 12.5. The van der Waals surface area contributed by atoms with E-state index in [1.54, 1.807) is 11.8 Å². The van der Waals surface area contributed by atoms with E-state index in [-0.39, 0.29) is 18.6 Å². The van der Waals surface area contributed by atoms with Gasteiger partial charge in [-0.1, -0.05) is 12.1 Å². The SMILES string of the molecule is CC(C)NC(=O)CCSc1cccc(CO)c1. The van der Waals surface area contributed by atoms with Gasteiger partial charge in [0.05, 0.1) is 6.61 Å². The Morgan fingerprint density at radius 3 is 2.88 bits per heavy atom. The topological polar surface area (TPSA) is 49.3 Å². The first-order valence-electron chi connectivity index (χ1n) is 5.74. The molecule has 0 aliphatic heterocycles. The first-order chi connectivity index (χ1) is 8.11. The van der Waals surface area contributed by atoms with Gasteiger partial charge in [0.25, 0.3) is 0 Å². The summed E-state index contributed by atoms with van der Waals surface area (Å²) >= 11 is 1.63. The third kappa shape index (κ3) is 5.75. The summed E-state index contributed by atoms with van der Waals surface area (Å²) in [6, 6.07) is 7.94. The summed E-state index contributed by atoms with van der Waals surface area (Å²) in [7, 11) is 0. The minimum absolute atomic E-state index is 0.0578. The molecular formula is C13H19NO2S. The molecule has 0 saturated carbocycles. The summed E-state index contributed by atoms with van der Waals surface area (Å²) in [5, 5.41) is 11.9. The van der Waals surface area contributed by atoms with E-state index in [1.807, 2.05) is 38.1 Å². The van der Waals surface area contributed by atoms with Gasteiger partial charge in [0, 0.05) is 23.1 Å². The third-order valence-corrected chi connectivity index (χ3v) is 3.12. The molecule has 0 radical (unpaired) electrons. The molecule has 1 rings (SSSR count). The zero-order chi connectivity index (χ0) is 12.7.